The quantitative estimate of drug-likeness (QED) is 0.0500. The molecule has 2 aromatic heterocycles. The minimum absolute atomic E-state index is 0.0190. The van der Waals surface area contributed by atoms with Crippen LogP contribution >= 0.6 is 0 Å². The lowest BCUT2D eigenvalue weighted by molar-refractivity contribution is -0.136. The molecule has 16 nitrogen and oxygen atoms in total. The fourth-order valence-electron chi connectivity index (χ4n) is 7.23. The van der Waals surface area contributed by atoms with Gasteiger partial charge in [-0.3, -0.25) is 14.3 Å². The van der Waals surface area contributed by atoms with Crippen LogP contribution in [0.1, 0.15) is 28.5 Å². The number of aliphatic hydroxyl groups is 1. The van der Waals surface area contributed by atoms with Crippen molar-refractivity contribution in [1.82, 2.24) is 24.4 Å². The van der Waals surface area contributed by atoms with E-state index < -0.39 is 52.3 Å². The molecule has 0 radical (unpaired) electrons. The first-order valence-electron chi connectivity index (χ1n) is 19.3. The number of rotatable bonds is 17. The number of aromatic amines is 1. The zero-order valence-electron chi connectivity index (χ0n) is 34.3. The van der Waals surface area contributed by atoms with Gasteiger partial charge < -0.3 is 44.2 Å². The monoisotopic (exact) mass is 852 g/mol. The van der Waals surface area contributed by atoms with Crippen LogP contribution in [0.2, 0.25) is 0 Å². The first-order chi connectivity index (χ1) is 29.3. The number of nitrogens with zero attached hydrogens (tertiary/aromatic N) is 4. The van der Waals surface area contributed by atoms with Crippen molar-refractivity contribution in [3.8, 4) is 11.5 Å². The molecule has 0 spiro atoms. The van der Waals surface area contributed by atoms with E-state index in [-0.39, 0.29) is 40.1 Å². The summed E-state index contributed by atoms with van der Waals surface area (Å²) in [4.78, 5) is 25.8. The molecule has 6 aromatic rings. The van der Waals surface area contributed by atoms with Crippen LogP contribution in [0.3, 0.4) is 0 Å². The number of fused-ring (bicyclic) bond motifs is 1. The number of hydrogen-bond acceptors (Lipinski definition) is 14. The standard InChI is InChI=1S/C44H48N6O10S/c1-28-11-21-34(22-12-28)61(53,54)24-23-57-27-58-39-37(51)38(59-42(39)50-26-46-36-40(50)47-43(45)48-41(36)52)35(25-49(2)3)60-44(29-9-7-6-8-10-29,30-13-17-32(55-4)18-14-30)31-15-19-33(56-5)20-16-31/h6-22,25-26,37-39,42,51H,23-24,27H2,1-5H3,(H3,45,47,48,52)/t37-,38-,39-,42-/m1/s1. The van der Waals surface area contributed by atoms with E-state index >= 15 is 0 Å². The number of aromatic nitrogens is 4. The topological polar surface area (TPSA) is 203 Å². The molecule has 320 valence electrons. The lowest BCUT2D eigenvalue weighted by atomic mass is 9.79. The predicted octanol–water partition coefficient (Wildman–Crippen LogP) is 4.53. The zero-order chi connectivity index (χ0) is 43.3. The number of benzene rings is 4. The summed E-state index contributed by atoms with van der Waals surface area (Å²) >= 11 is 0. The van der Waals surface area contributed by atoms with Crippen molar-refractivity contribution in [2.75, 3.05) is 53.2 Å². The van der Waals surface area contributed by atoms with Crippen LogP contribution in [0.4, 0.5) is 5.95 Å². The molecule has 1 aliphatic heterocycles. The second kappa shape index (κ2) is 18.2. The lowest BCUT2D eigenvalue weighted by Gasteiger charge is -2.39. The summed E-state index contributed by atoms with van der Waals surface area (Å²) in [6.07, 6.45) is -2.01. The van der Waals surface area contributed by atoms with E-state index in [2.05, 4.69) is 15.0 Å². The molecule has 7 rings (SSSR count). The molecular weight excluding hydrogens is 805 g/mol. The average Bonchev–Trinajstić information content (AvgIpc) is 3.83. The summed E-state index contributed by atoms with van der Waals surface area (Å²) in [6, 6.07) is 31.2. The van der Waals surface area contributed by atoms with Crippen molar-refractivity contribution in [2.45, 2.75) is 42.0 Å². The molecule has 4 aromatic carbocycles. The largest absolute Gasteiger partial charge is 0.497 e. The molecule has 4 N–H and O–H groups in total. The summed E-state index contributed by atoms with van der Waals surface area (Å²) in [7, 11) is 3.14. The maximum Gasteiger partial charge on any atom is 0.280 e. The molecule has 17 heteroatoms. The van der Waals surface area contributed by atoms with Gasteiger partial charge in [0, 0.05) is 37.0 Å². The highest BCUT2D eigenvalue weighted by Crippen LogP contribution is 2.46. The Hall–Kier alpha value is -6.24. The highest BCUT2D eigenvalue weighted by atomic mass is 32.2. The van der Waals surface area contributed by atoms with Gasteiger partial charge in [-0.15, -0.1) is 0 Å². The molecule has 1 saturated heterocycles. The second-order valence-electron chi connectivity index (χ2n) is 14.6. The van der Waals surface area contributed by atoms with Gasteiger partial charge in [-0.1, -0.05) is 72.3 Å². The molecule has 3 heterocycles. The number of ether oxygens (including phenoxy) is 6. The second-order valence-corrected chi connectivity index (χ2v) is 16.7. The SMILES string of the molecule is COc1ccc(C(OC(=CN(C)C)[C@H]2O[C@@H](n3cnc4c(=O)[nH]c(N)nc43)[C@H](OCOCCS(=O)(=O)c3ccc(C)cc3)[C@@H]2O)(c2ccccc2)c2ccc(OC)cc2)cc1. The normalized spacial score (nSPS) is 18.3. The number of H-pyrrole nitrogens is 1. The first kappa shape index (κ1) is 42.9. The van der Waals surface area contributed by atoms with E-state index in [1.807, 2.05) is 99.9 Å². The Labute approximate surface area is 353 Å². The van der Waals surface area contributed by atoms with Crippen LogP contribution in [0, 0.1) is 6.92 Å². The van der Waals surface area contributed by atoms with Gasteiger partial charge in [-0.05, 0) is 43.3 Å². The molecule has 0 saturated carbocycles. The summed E-state index contributed by atoms with van der Waals surface area (Å²) in [5.74, 6) is 1.00. The molecule has 0 bridgehead atoms. The maximum atomic E-state index is 13.0. The zero-order valence-corrected chi connectivity index (χ0v) is 35.1. The summed E-state index contributed by atoms with van der Waals surface area (Å²) in [6.45, 7) is 1.24. The smallest absolute Gasteiger partial charge is 0.280 e. The van der Waals surface area contributed by atoms with Gasteiger partial charge in [0.2, 0.25) is 5.95 Å². The third-order valence-corrected chi connectivity index (χ3v) is 12.0. The molecule has 0 unspecified atom stereocenters. The van der Waals surface area contributed by atoms with Crippen molar-refractivity contribution in [3.05, 3.63) is 154 Å². The van der Waals surface area contributed by atoms with Gasteiger partial charge in [0.15, 0.2) is 32.8 Å². The van der Waals surface area contributed by atoms with Crippen molar-refractivity contribution in [3.63, 3.8) is 0 Å². The van der Waals surface area contributed by atoms with Crippen molar-refractivity contribution in [1.29, 1.82) is 0 Å². The Morgan fingerprint density at radius 2 is 1.54 bits per heavy atom. The number of nitrogens with one attached hydrogen (secondary N) is 1. The highest BCUT2D eigenvalue weighted by molar-refractivity contribution is 7.91. The Bertz CT molecular complexity index is 2570. The summed E-state index contributed by atoms with van der Waals surface area (Å²) < 4.78 is 64.5. The van der Waals surface area contributed by atoms with Gasteiger partial charge in [0.1, 0.15) is 42.4 Å². The van der Waals surface area contributed by atoms with Crippen LogP contribution < -0.4 is 20.8 Å². The lowest BCUT2D eigenvalue weighted by Crippen LogP contribution is -2.40. The van der Waals surface area contributed by atoms with Crippen LogP contribution in [-0.2, 0) is 34.4 Å². The number of imidazole rings is 1. The maximum absolute atomic E-state index is 13.0. The Morgan fingerprint density at radius 3 is 2.13 bits per heavy atom. The Balaban J connectivity index is 1.28. The van der Waals surface area contributed by atoms with Gasteiger partial charge >= 0.3 is 0 Å². The number of nitrogens with two attached hydrogens (primary N) is 1. The van der Waals surface area contributed by atoms with E-state index in [1.54, 1.807) is 49.6 Å². The molecule has 1 fully saturated rings. The average molecular weight is 853 g/mol. The van der Waals surface area contributed by atoms with Crippen LogP contribution in [0.25, 0.3) is 11.2 Å². The van der Waals surface area contributed by atoms with Gasteiger partial charge in [-0.2, -0.15) is 4.98 Å². The fraction of sp³-hybridized carbons (Fsp3) is 0.295. The van der Waals surface area contributed by atoms with Crippen LogP contribution in [0.15, 0.2) is 131 Å². The molecule has 61 heavy (non-hydrogen) atoms. The Kier molecular flexibility index (Phi) is 12.8. The van der Waals surface area contributed by atoms with Gasteiger partial charge in [0.25, 0.3) is 5.56 Å². The van der Waals surface area contributed by atoms with E-state index in [0.717, 1.165) is 22.3 Å². The number of anilines is 1. The molecule has 4 atom stereocenters. The third-order valence-electron chi connectivity index (χ3n) is 10.3. The number of aryl methyl sites for hydroxylation is 1. The number of aliphatic hydroxyl groups excluding tert-OH is 1. The van der Waals surface area contributed by atoms with Crippen LogP contribution in [-0.4, -0.2) is 104 Å². The van der Waals surface area contributed by atoms with E-state index in [0.29, 0.717) is 11.5 Å². The number of sulfone groups is 1. The summed E-state index contributed by atoms with van der Waals surface area (Å²) in [5.41, 5.74) is 7.21. The Morgan fingerprint density at radius 1 is 0.934 bits per heavy atom. The predicted molar refractivity (Wildman–Crippen MR) is 227 cm³/mol. The molecular formula is C44H48N6O10S. The van der Waals surface area contributed by atoms with Gasteiger partial charge in [0.05, 0.1) is 37.8 Å². The van der Waals surface area contributed by atoms with E-state index in [1.165, 1.54) is 10.9 Å². The van der Waals surface area contributed by atoms with Gasteiger partial charge in [-0.25, -0.2) is 13.4 Å². The number of hydrogen-bond donors (Lipinski definition) is 3. The number of nitrogen functional groups attached to an aromatic ring is 1. The van der Waals surface area contributed by atoms with Crippen LogP contribution in [0.5, 0.6) is 11.5 Å². The third kappa shape index (κ3) is 8.96. The molecule has 1 aliphatic rings. The number of methoxy groups -OCH3 is 2. The minimum atomic E-state index is -3.65. The van der Waals surface area contributed by atoms with Crippen molar-refractivity contribution in [2.24, 2.45) is 0 Å². The fourth-order valence-corrected chi connectivity index (χ4v) is 8.35. The minimum Gasteiger partial charge on any atom is -0.497 e. The van der Waals surface area contributed by atoms with Crippen molar-refractivity contribution < 1.29 is 41.9 Å². The summed E-state index contributed by atoms with van der Waals surface area (Å²) in [5, 5.41) is 12.4. The molecule has 0 amide bonds. The highest BCUT2D eigenvalue weighted by Gasteiger charge is 2.51. The molecule has 0 aliphatic carbocycles. The van der Waals surface area contributed by atoms with E-state index in [9.17, 15) is 18.3 Å². The first-order valence-corrected chi connectivity index (χ1v) is 21.0. The van der Waals surface area contributed by atoms with E-state index in [4.69, 9.17) is 34.2 Å². The van der Waals surface area contributed by atoms with Crippen molar-refractivity contribution >= 4 is 26.9 Å².